The number of carbonyl (C=O) groups is 2. The van der Waals surface area contributed by atoms with Crippen LogP contribution in [0.15, 0.2) is 0 Å². The molecule has 1 saturated heterocycles. The molecule has 0 aromatic carbocycles. The molecule has 1 aliphatic heterocycles. The summed E-state index contributed by atoms with van der Waals surface area (Å²) in [7, 11) is 0. The Morgan fingerprint density at radius 1 is 1.47 bits per heavy atom. The highest BCUT2D eigenvalue weighted by molar-refractivity contribution is 5.89. The summed E-state index contributed by atoms with van der Waals surface area (Å²) >= 11 is 0. The van der Waals surface area contributed by atoms with Gasteiger partial charge in [0, 0.05) is 25.0 Å². The quantitative estimate of drug-likeness (QED) is 0.738. The van der Waals surface area contributed by atoms with E-state index in [0.717, 1.165) is 12.8 Å². The van der Waals surface area contributed by atoms with Gasteiger partial charge in [-0.25, -0.2) is 0 Å². The van der Waals surface area contributed by atoms with E-state index >= 15 is 0 Å². The van der Waals surface area contributed by atoms with Crippen LogP contribution in [0, 0.1) is 5.92 Å². The van der Waals surface area contributed by atoms with Gasteiger partial charge in [0.15, 0.2) is 0 Å². The first-order valence-electron chi connectivity index (χ1n) is 5.67. The fraction of sp³-hybridized carbons (Fsp3) is 0.818. The van der Waals surface area contributed by atoms with Crippen molar-refractivity contribution in [2.75, 3.05) is 6.54 Å². The van der Waals surface area contributed by atoms with Crippen molar-refractivity contribution in [3.8, 4) is 0 Å². The van der Waals surface area contributed by atoms with E-state index in [-0.39, 0.29) is 23.8 Å². The molecule has 0 unspecified atom stereocenters. The average molecular weight is 210 g/mol. The molecule has 2 aliphatic rings. The van der Waals surface area contributed by atoms with Gasteiger partial charge in [-0.05, 0) is 26.7 Å². The third-order valence-corrected chi connectivity index (χ3v) is 3.08. The van der Waals surface area contributed by atoms with Crippen LogP contribution in [0.25, 0.3) is 0 Å². The minimum Gasteiger partial charge on any atom is -0.353 e. The lowest BCUT2D eigenvalue weighted by molar-refractivity contribution is -0.130. The summed E-state index contributed by atoms with van der Waals surface area (Å²) in [6, 6.07) is 0.594. The molecular formula is C11H18N2O2. The zero-order chi connectivity index (χ0) is 11.0. The Kier molecular flexibility index (Phi) is 2.67. The highest BCUT2D eigenvalue weighted by Crippen LogP contribution is 2.23. The van der Waals surface area contributed by atoms with Crippen LogP contribution in [0.3, 0.4) is 0 Å². The Bertz CT molecular complexity index is 284. The van der Waals surface area contributed by atoms with Gasteiger partial charge >= 0.3 is 0 Å². The molecule has 2 fully saturated rings. The molecular weight excluding hydrogens is 192 g/mol. The van der Waals surface area contributed by atoms with Gasteiger partial charge in [-0.1, -0.05) is 0 Å². The average Bonchev–Trinajstić information content (AvgIpc) is 2.86. The van der Waals surface area contributed by atoms with Crippen molar-refractivity contribution < 1.29 is 9.59 Å². The van der Waals surface area contributed by atoms with Crippen molar-refractivity contribution in [1.82, 2.24) is 10.2 Å². The first-order valence-corrected chi connectivity index (χ1v) is 5.67. The molecule has 1 N–H and O–H groups in total. The van der Waals surface area contributed by atoms with E-state index in [1.165, 1.54) is 0 Å². The van der Waals surface area contributed by atoms with Crippen molar-refractivity contribution in [1.29, 1.82) is 0 Å². The molecule has 15 heavy (non-hydrogen) atoms. The zero-order valence-electron chi connectivity index (χ0n) is 9.32. The van der Waals surface area contributed by atoms with Gasteiger partial charge in [0.2, 0.25) is 11.8 Å². The summed E-state index contributed by atoms with van der Waals surface area (Å²) in [5, 5.41) is 2.96. The van der Waals surface area contributed by atoms with E-state index in [4.69, 9.17) is 0 Å². The van der Waals surface area contributed by atoms with E-state index in [9.17, 15) is 9.59 Å². The third kappa shape index (κ3) is 2.30. The van der Waals surface area contributed by atoms with Gasteiger partial charge in [0.1, 0.15) is 0 Å². The molecule has 4 heteroatoms. The van der Waals surface area contributed by atoms with Crippen LogP contribution in [0.1, 0.15) is 33.1 Å². The topological polar surface area (TPSA) is 49.4 Å². The highest BCUT2D eigenvalue weighted by Gasteiger charge is 2.37. The van der Waals surface area contributed by atoms with E-state index in [1.807, 2.05) is 13.8 Å². The van der Waals surface area contributed by atoms with Gasteiger partial charge in [-0.3, -0.25) is 9.59 Å². The minimum atomic E-state index is -0.125. The normalized spacial score (nSPS) is 26.2. The van der Waals surface area contributed by atoms with Crippen molar-refractivity contribution in [2.24, 2.45) is 5.92 Å². The molecule has 0 aromatic heterocycles. The summed E-state index contributed by atoms with van der Waals surface area (Å²) in [4.78, 5) is 25.1. The van der Waals surface area contributed by atoms with Gasteiger partial charge in [0.05, 0.1) is 5.92 Å². The van der Waals surface area contributed by atoms with Crippen molar-refractivity contribution in [2.45, 2.75) is 45.2 Å². The van der Waals surface area contributed by atoms with E-state index in [2.05, 4.69) is 5.32 Å². The lowest BCUT2D eigenvalue weighted by atomic mass is 10.1. The maximum atomic E-state index is 11.7. The number of amides is 2. The standard InChI is InChI=1S/C11H18N2O2/c1-7(2)13-6-8(5-10(13)14)11(15)12-9-3-4-9/h7-9H,3-6H2,1-2H3,(H,12,15)/t8-/m0/s1. The van der Waals surface area contributed by atoms with Gasteiger partial charge < -0.3 is 10.2 Å². The molecule has 1 aliphatic carbocycles. The molecule has 0 bridgehead atoms. The molecule has 4 nitrogen and oxygen atoms in total. The molecule has 1 heterocycles. The van der Waals surface area contributed by atoms with Gasteiger partial charge in [-0.2, -0.15) is 0 Å². The predicted molar refractivity (Wildman–Crippen MR) is 56.1 cm³/mol. The molecule has 84 valence electrons. The lowest BCUT2D eigenvalue weighted by Crippen LogP contribution is -2.36. The highest BCUT2D eigenvalue weighted by atomic mass is 16.2. The summed E-state index contributed by atoms with van der Waals surface area (Å²) < 4.78 is 0. The number of hydrogen-bond donors (Lipinski definition) is 1. The van der Waals surface area contributed by atoms with Crippen LogP contribution in [0.2, 0.25) is 0 Å². The van der Waals surface area contributed by atoms with Crippen LogP contribution in [-0.2, 0) is 9.59 Å². The maximum absolute atomic E-state index is 11.7. The van der Waals surface area contributed by atoms with Gasteiger partial charge in [-0.15, -0.1) is 0 Å². The van der Waals surface area contributed by atoms with Crippen LogP contribution >= 0.6 is 0 Å². The van der Waals surface area contributed by atoms with E-state index < -0.39 is 0 Å². The Balaban J connectivity index is 1.89. The second kappa shape index (κ2) is 3.83. The third-order valence-electron chi connectivity index (χ3n) is 3.08. The lowest BCUT2D eigenvalue weighted by Gasteiger charge is -2.20. The molecule has 2 amide bonds. The van der Waals surface area contributed by atoms with Crippen LogP contribution < -0.4 is 5.32 Å². The Hall–Kier alpha value is -1.06. The number of carbonyl (C=O) groups excluding carboxylic acids is 2. The zero-order valence-corrected chi connectivity index (χ0v) is 9.32. The van der Waals surface area contributed by atoms with Crippen molar-refractivity contribution in [3.63, 3.8) is 0 Å². The summed E-state index contributed by atoms with van der Waals surface area (Å²) in [6.07, 6.45) is 2.58. The molecule has 1 saturated carbocycles. The van der Waals surface area contributed by atoms with Gasteiger partial charge in [0.25, 0.3) is 0 Å². The predicted octanol–water partition coefficient (Wildman–Crippen LogP) is 0.522. The largest absolute Gasteiger partial charge is 0.353 e. The summed E-state index contributed by atoms with van der Waals surface area (Å²) in [6.45, 7) is 4.56. The SMILES string of the molecule is CC(C)N1C[C@@H](C(=O)NC2CC2)CC1=O. The maximum Gasteiger partial charge on any atom is 0.225 e. The second-order valence-corrected chi connectivity index (χ2v) is 4.82. The number of hydrogen-bond acceptors (Lipinski definition) is 2. The molecule has 0 aromatic rings. The molecule has 0 radical (unpaired) electrons. The van der Waals surface area contributed by atoms with Crippen molar-refractivity contribution in [3.05, 3.63) is 0 Å². The smallest absolute Gasteiger partial charge is 0.225 e. The fourth-order valence-corrected chi connectivity index (χ4v) is 1.95. The van der Waals surface area contributed by atoms with Crippen LogP contribution in [0.4, 0.5) is 0 Å². The van der Waals surface area contributed by atoms with Crippen molar-refractivity contribution >= 4 is 11.8 Å². The Labute approximate surface area is 90.0 Å². The molecule has 2 rings (SSSR count). The summed E-state index contributed by atoms with van der Waals surface area (Å²) in [5.74, 6) is 0.0513. The second-order valence-electron chi connectivity index (χ2n) is 4.82. The van der Waals surface area contributed by atoms with E-state index in [0.29, 0.717) is 19.0 Å². The van der Waals surface area contributed by atoms with Crippen LogP contribution in [0.5, 0.6) is 0 Å². The summed E-state index contributed by atoms with van der Waals surface area (Å²) in [5.41, 5.74) is 0. The molecule has 1 atom stereocenters. The Morgan fingerprint density at radius 3 is 2.60 bits per heavy atom. The monoisotopic (exact) mass is 210 g/mol. The Morgan fingerprint density at radius 2 is 2.13 bits per heavy atom. The number of likely N-dealkylation sites (tertiary alicyclic amines) is 1. The number of rotatable bonds is 3. The van der Waals surface area contributed by atoms with E-state index in [1.54, 1.807) is 4.90 Å². The minimum absolute atomic E-state index is 0.0639. The first kappa shape index (κ1) is 10.5. The van der Waals surface area contributed by atoms with Crippen LogP contribution in [-0.4, -0.2) is 35.3 Å². The number of nitrogens with zero attached hydrogens (tertiary/aromatic N) is 1. The number of nitrogens with one attached hydrogen (secondary N) is 1. The first-order chi connectivity index (χ1) is 7.08. The fourth-order valence-electron chi connectivity index (χ4n) is 1.95. The molecule has 0 spiro atoms.